The minimum atomic E-state index is -0.252. The first-order valence-electron chi connectivity index (χ1n) is 8.71. The molecule has 1 saturated carbocycles. The summed E-state index contributed by atoms with van der Waals surface area (Å²) in [4.78, 5) is 10.2. The van der Waals surface area contributed by atoms with Crippen LogP contribution in [0.2, 0.25) is 0 Å². The van der Waals surface area contributed by atoms with Crippen LogP contribution in [0.1, 0.15) is 31.5 Å². The van der Waals surface area contributed by atoms with Crippen molar-refractivity contribution in [1.29, 1.82) is 0 Å². The minimum Gasteiger partial charge on any atom is -0.393 e. The molecule has 2 aliphatic rings. The lowest BCUT2D eigenvalue weighted by Crippen LogP contribution is -2.51. The van der Waals surface area contributed by atoms with E-state index in [9.17, 15) is 9.50 Å². The summed E-state index contributed by atoms with van der Waals surface area (Å²) in [5.41, 5.74) is 1.44. The largest absolute Gasteiger partial charge is 0.393 e. The zero-order chi connectivity index (χ0) is 16.7. The Labute approximate surface area is 140 Å². The van der Waals surface area contributed by atoms with Crippen LogP contribution in [0.4, 0.5) is 4.39 Å². The molecule has 2 aromatic rings. The molecule has 2 fully saturated rings. The number of rotatable bonds is 4. The van der Waals surface area contributed by atoms with E-state index in [4.69, 9.17) is 4.74 Å². The lowest BCUT2D eigenvalue weighted by atomic mass is 9.79. The molecule has 6 heteroatoms. The predicted molar refractivity (Wildman–Crippen MR) is 89.3 cm³/mol. The van der Waals surface area contributed by atoms with Gasteiger partial charge in [-0.3, -0.25) is 4.90 Å². The summed E-state index contributed by atoms with van der Waals surface area (Å²) in [6.07, 6.45) is 4.10. The van der Waals surface area contributed by atoms with Crippen molar-refractivity contribution in [3.8, 4) is 0 Å². The van der Waals surface area contributed by atoms with Crippen molar-refractivity contribution in [2.45, 2.75) is 49.9 Å². The maximum Gasteiger partial charge on any atom is 0.125 e. The number of aromatic amines is 1. The van der Waals surface area contributed by atoms with Gasteiger partial charge in [-0.25, -0.2) is 9.37 Å². The Morgan fingerprint density at radius 3 is 3.17 bits per heavy atom. The normalized spacial score (nSPS) is 30.8. The van der Waals surface area contributed by atoms with Gasteiger partial charge in [-0.1, -0.05) is 0 Å². The number of halogens is 1. The van der Waals surface area contributed by atoms with E-state index in [1.807, 2.05) is 0 Å². The Morgan fingerprint density at radius 1 is 1.46 bits per heavy atom. The molecule has 1 aliphatic heterocycles. The van der Waals surface area contributed by atoms with Gasteiger partial charge >= 0.3 is 0 Å². The molecule has 2 heterocycles. The van der Waals surface area contributed by atoms with E-state index in [1.54, 1.807) is 13.2 Å². The van der Waals surface area contributed by atoms with Crippen LogP contribution < -0.4 is 0 Å². The van der Waals surface area contributed by atoms with E-state index in [0.717, 1.165) is 62.1 Å². The SMILES string of the molecule is CO[C@@]12CC[C@@H](O)C[C@@H]1N(CCc1nc3ccc(F)cc3[nH]1)CC2. The number of benzene rings is 1. The Morgan fingerprint density at radius 2 is 2.33 bits per heavy atom. The molecular weight excluding hydrogens is 309 g/mol. The van der Waals surface area contributed by atoms with Gasteiger partial charge in [0.05, 0.1) is 22.7 Å². The first-order chi connectivity index (χ1) is 11.6. The van der Waals surface area contributed by atoms with Crippen molar-refractivity contribution >= 4 is 11.0 Å². The second kappa shape index (κ2) is 6.10. The Kier molecular flexibility index (Phi) is 4.06. The second-order valence-electron chi connectivity index (χ2n) is 7.09. The number of aliphatic hydroxyl groups excluding tert-OH is 1. The molecule has 0 radical (unpaired) electrons. The highest BCUT2D eigenvalue weighted by Gasteiger charge is 2.50. The zero-order valence-electron chi connectivity index (χ0n) is 14.0. The molecule has 0 bridgehead atoms. The lowest BCUT2D eigenvalue weighted by Gasteiger charge is -2.42. The fourth-order valence-corrected chi connectivity index (χ4v) is 4.44. The molecule has 3 atom stereocenters. The lowest BCUT2D eigenvalue weighted by molar-refractivity contribution is -0.0867. The van der Waals surface area contributed by atoms with Crippen LogP contribution in [-0.2, 0) is 11.2 Å². The molecule has 5 nitrogen and oxygen atoms in total. The first kappa shape index (κ1) is 16.0. The molecule has 130 valence electrons. The number of hydrogen-bond acceptors (Lipinski definition) is 4. The van der Waals surface area contributed by atoms with Crippen LogP contribution in [0.25, 0.3) is 11.0 Å². The molecule has 1 aromatic carbocycles. The monoisotopic (exact) mass is 333 g/mol. The van der Waals surface area contributed by atoms with Crippen molar-refractivity contribution in [2.75, 3.05) is 20.2 Å². The van der Waals surface area contributed by atoms with Crippen LogP contribution in [0.15, 0.2) is 18.2 Å². The quantitative estimate of drug-likeness (QED) is 0.901. The maximum absolute atomic E-state index is 13.3. The maximum atomic E-state index is 13.3. The summed E-state index contributed by atoms with van der Waals surface area (Å²) in [5, 5.41) is 10.1. The number of likely N-dealkylation sites (tertiary alicyclic amines) is 1. The zero-order valence-corrected chi connectivity index (χ0v) is 14.0. The van der Waals surface area contributed by atoms with E-state index in [2.05, 4.69) is 14.9 Å². The second-order valence-corrected chi connectivity index (χ2v) is 7.09. The molecule has 24 heavy (non-hydrogen) atoms. The number of hydrogen-bond donors (Lipinski definition) is 2. The van der Waals surface area contributed by atoms with Crippen molar-refractivity contribution in [3.05, 3.63) is 29.8 Å². The molecule has 0 amide bonds. The van der Waals surface area contributed by atoms with Crippen molar-refractivity contribution in [2.24, 2.45) is 0 Å². The molecule has 2 N–H and O–H groups in total. The van der Waals surface area contributed by atoms with Crippen molar-refractivity contribution in [3.63, 3.8) is 0 Å². The van der Waals surface area contributed by atoms with Gasteiger partial charge in [0, 0.05) is 32.7 Å². The van der Waals surface area contributed by atoms with Crippen molar-refractivity contribution < 1.29 is 14.2 Å². The van der Waals surface area contributed by atoms with Crippen LogP contribution in [0.5, 0.6) is 0 Å². The van der Waals surface area contributed by atoms with E-state index < -0.39 is 0 Å². The van der Waals surface area contributed by atoms with Gasteiger partial charge in [-0.15, -0.1) is 0 Å². The number of methoxy groups -OCH3 is 1. The topological polar surface area (TPSA) is 61.4 Å². The third-order valence-corrected chi connectivity index (χ3v) is 5.80. The Bertz CT molecular complexity index is 734. The number of nitrogens with zero attached hydrogens (tertiary/aromatic N) is 2. The van der Waals surface area contributed by atoms with E-state index in [0.29, 0.717) is 0 Å². The number of ether oxygens (including phenoxy) is 1. The van der Waals surface area contributed by atoms with Gasteiger partial charge in [0.2, 0.25) is 0 Å². The van der Waals surface area contributed by atoms with Gasteiger partial charge in [-0.2, -0.15) is 0 Å². The summed E-state index contributed by atoms with van der Waals surface area (Å²) in [5.74, 6) is 0.625. The molecule has 1 aliphatic carbocycles. The number of H-pyrrole nitrogens is 1. The summed E-state index contributed by atoms with van der Waals surface area (Å²) in [6, 6.07) is 4.89. The van der Waals surface area contributed by atoms with Crippen LogP contribution in [-0.4, -0.2) is 57.9 Å². The third kappa shape index (κ3) is 2.72. The fraction of sp³-hybridized carbons (Fsp3) is 0.611. The first-order valence-corrected chi connectivity index (χ1v) is 8.71. The molecule has 1 saturated heterocycles. The van der Waals surface area contributed by atoms with Gasteiger partial charge in [0.1, 0.15) is 11.6 Å². The van der Waals surface area contributed by atoms with Gasteiger partial charge < -0.3 is 14.8 Å². The molecule has 0 spiro atoms. The highest BCUT2D eigenvalue weighted by molar-refractivity contribution is 5.74. The Hall–Kier alpha value is -1.50. The summed E-state index contributed by atoms with van der Waals surface area (Å²) in [7, 11) is 1.79. The van der Waals surface area contributed by atoms with Crippen LogP contribution >= 0.6 is 0 Å². The highest BCUT2D eigenvalue weighted by Crippen LogP contribution is 2.42. The van der Waals surface area contributed by atoms with E-state index >= 15 is 0 Å². The summed E-state index contributed by atoms with van der Waals surface area (Å²) >= 11 is 0. The molecule has 1 aromatic heterocycles. The van der Waals surface area contributed by atoms with Gasteiger partial charge in [0.15, 0.2) is 0 Å². The smallest absolute Gasteiger partial charge is 0.125 e. The number of nitrogens with one attached hydrogen (secondary N) is 1. The average molecular weight is 333 g/mol. The number of fused-ring (bicyclic) bond motifs is 2. The average Bonchev–Trinajstić information content (AvgIpc) is 3.14. The number of aromatic nitrogens is 2. The highest BCUT2D eigenvalue weighted by atomic mass is 19.1. The van der Waals surface area contributed by atoms with Crippen LogP contribution in [0.3, 0.4) is 0 Å². The van der Waals surface area contributed by atoms with Gasteiger partial charge in [-0.05, 0) is 43.9 Å². The summed E-state index contributed by atoms with van der Waals surface area (Å²) < 4.78 is 19.2. The molecule has 4 rings (SSSR count). The fourth-order valence-electron chi connectivity index (χ4n) is 4.44. The van der Waals surface area contributed by atoms with Crippen molar-refractivity contribution in [1.82, 2.24) is 14.9 Å². The Balaban J connectivity index is 1.46. The molecule has 0 unspecified atom stereocenters. The number of imidazole rings is 1. The number of aliphatic hydroxyl groups is 1. The van der Waals surface area contributed by atoms with E-state index in [-0.39, 0.29) is 23.6 Å². The van der Waals surface area contributed by atoms with E-state index in [1.165, 1.54) is 12.1 Å². The standard InChI is InChI=1S/C18H24FN3O2/c1-24-18-6-4-13(23)11-16(18)22(9-7-18)8-5-17-20-14-3-2-12(19)10-15(14)21-17/h2-3,10,13,16,23H,4-9,11H2,1H3,(H,20,21)/t13-,16+,18-/m1/s1. The predicted octanol–water partition coefficient (Wildman–Crippen LogP) is 2.25. The summed E-state index contributed by atoms with van der Waals surface area (Å²) in [6.45, 7) is 1.85. The third-order valence-electron chi connectivity index (χ3n) is 5.80. The van der Waals surface area contributed by atoms with Gasteiger partial charge in [0.25, 0.3) is 0 Å². The van der Waals surface area contributed by atoms with Crippen LogP contribution in [0, 0.1) is 5.82 Å². The molecular formula is C18H24FN3O2. The minimum absolute atomic E-state index is 0.101.